The van der Waals surface area contributed by atoms with Gasteiger partial charge in [-0.2, -0.15) is 14.4 Å². The van der Waals surface area contributed by atoms with Gasteiger partial charge in [-0.05, 0) is 108 Å². The molecule has 2 unspecified atom stereocenters. The number of imide groups is 1. The topological polar surface area (TPSA) is 198 Å². The number of amides is 3. The third-order valence-corrected chi connectivity index (χ3v) is 16.0. The highest BCUT2D eigenvalue weighted by Gasteiger charge is 2.61. The molecule has 1 spiro atoms. The lowest BCUT2D eigenvalue weighted by Gasteiger charge is -2.38. The van der Waals surface area contributed by atoms with E-state index in [1.165, 1.54) is 11.9 Å². The number of carbonyl (C=O) groups excluding carboxylic acids is 3. The Kier molecular flexibility index (Phi) is 11.3. The highest BCUT2D eigenvalue weighted by atomic mass is 32.2. The van der Waals surface area contributed by atoms with Gasteiger partial charge in [0.15, 0.2) is 0 Å². The molecule has 3 saturated heterocycles. The number of aryl methyl sites for hydroxylation is 1. The van der Waals surface area contributed by atoms with Crippen LogP contribution in [0.4, 0.5) is 23.1 Å². The van der Waals surface area contributed by atoms with Gasteiger partial charge in [-0.1, -0.05) is 6.92 Å². The average Bonchev–Trinajstić information content (AvgIpc) is 3.83. The van der Waals surface area contributed by atoms with Crippen molar-refractivity contribution in [3.63, 3.8) is 0 Å². The fraction of sp³-hybridized carbons (Fsp3) is 0.628. The molecule has 1 aromatic carbocycles. The first-order valence-electron chi connectivity index (χ1n) is 22.1. The Morgan fingerprint density at radius 2 is 1.82 bits per heavy atom. The van der Waals surface area contributed by atoms with Gasteiger partial charge in [0, 0.05) is 86.6 Å². The second-order valence-electron chi connectivity index (χ2n) is 18.3. The van der Waals surface area contributed by atoms with Crippen LogP contribution >= 0.6 is 0 Å². The molecule has 5 fully saturated rings. The third-order valence-electron chi connectivity index (χ3n) is 14.2. The van der Waals surface area contributed by atoms with Crippen LogP contribution in [0.2, 0.25) is 0 Å². The van der Waals surface area contributed by atoms with Gasteiger partial charge in [-0.15, -0.1) is 0 Å². The van der Waals surface area contributed by atoms with E-state index < -0.39 is 27.6 Å². The van der Waals surface area contributed by atoms with Gasteiger partial charge >= 0.3 is 0 Å². The summed E-state index contributed by atoms with van der Waals surface area (Å²) in [6, 6.07) is 6.03. The van der Waals surface area contributed by atoms with Crippen molar-refractivity contribution >= 4 is 50.9 Å². The van der Waals surface area contributed by atoms with E-state index in [4.69, 9.17) is 4.98 Å². The van der Waals surface area contributed by atoms with Crippen LogP contribution in [0.25, 0.3) is 0 Å². The van der Waals surface area contributed by atoms with Crippen molar-refractivity contribution < 1.29 is 27.9 Å². The molecule has 2 aliphatic carbocycles. The number of hydrogen-bond acceptors (Lipinski definition) is 13. The van der Waals surface area contributed by atoms with Crippen molar-refractivity contribution in [1.82, 2.24) is 34.3 Å². The standard InChI is InChI=1S/C43H59N11O6S/c1-27-21-29(46-36-8-10-38(56)48-40(36)57)7-9-37(27)51-16-11-30(12-17-51)50(3)19-20-52-26-33(23-45-52)61(59,60)53-18-13-35(28(2)25-53)47-42-44-24-34-39(49-42)54(41(58)43(34)14-15-43)31-5-4-6-32(55)22-31/h7,9,21,23-24,26,28,30-32,35-36,46,55H,4-6,8,10-20,22,25H2,1-3H3,(H,44,47,49)(H,48,56,57)/t28-,31?,32-,35+,36?/m1/s1. The predicted molar refractivity (Wildman–Crippen MR) is 230 cm³/mol. The van der Waals surface area contributed by atoms with Gasteiger partial charge in [0.25, 0.3) is 0 Å². The number of aliphatic hydroxyl groups is 1. The van der Waals surface area contributed by atoms with Crippen LogP contribution in [0, 0.1) is 12.8 Å². The van der Waals surface area contributed by atoms with Gasteiger partial charge in [-0.25, -0.2) is 13.4 Å². The van der Waals surface area contributed by atoms with E-state index in [1.54, 1.807) is 21.4 Å². The average molecular weight is 858 g/mol. The van der Waals surface area contributed by atoms with Crippen molar-refractivity contribution in [1.29, 1.82) is 0 Å². The van der Waals surface area contributed by atoms with Crippen LogP contribution in [-0.2, 0) is 36.4 Å². The van der Waals surface area contributed by atoms with E-state index in [2.05, 4.69) is 61.9 Å². The van der Waals surface area contributed by atoms with Crippen LogP contribution in [-0.4, -0.2) is 130 Å². The van der Waals surface area contributed by atoms with E-state index in [1.807, 2.05) is 17.9 Å². The van der Waals surface area contributed by atoms with Crippen molar-refractivity contribution in [2.75, 3.05) is 60.2 Å². The number of rotatable bonds is 12. The van der Waals surface area contributed by atoms with Crippen LogP contribution in [0.1, 0.15) is 88.7 Å². The Labute approximate surface area is 357 Å². The summed E-state index contributed by atoms with van der Waals surface area (Å²) in [4.78, 5) is 53.7. The zero-order chi connectivity index (χ0) is 42.6. The maximum absolute atomic E-state index is 13.9. The van der Waals surface area contributed by atoms with Crippen LogP contribution in [0.5, 0.6) is 0 Å². The summed E-state index contributed by atoms with van der Waals surface area (Å²) in [5.74, 6) is 0.668. The lowest BCUT2D eigenvalue weighted by atomic mass is 9.92. The lowest BCUT2D eigenvalue weighted by Crippen LogP contribution is -2.47. The van der Waals surface area contributed by atoms with Gasteiger partial charge in [0.1, 0.15) is 16.8 Å². The monoisotopic (exact) mass is 857 g/mol. The number of benzene rings is 1. The number of hydrogen-bond donors (Lipinski definition) is 4. The van der Waals surface area contributed by atoms with E-state index in [0.717, 1.165) is 81.4 Å². The molecule has 2 saturated carbocycles. The molecular formula is C43H59N11O6S. The summed E-state index contributed by atoms with van der Waals surface area (Å²) in [7, 11) is -1.63. The molecule has 9 rings (SSSR count). The van der Waals surface area contributed by atoms with Gasteiger partial charge in [0.05, 0.1) is 24.3 Å². The number of nitrogens with zero attached hydrogens (tertiary/aromatic N) is 8. The number of carbonyl (C=O) groups is 3. The smallest absolute Gasteiger partial charge is 0.249 e. The fourth-order valence-corrected chi connectivity index (χ4v) is 11.8. The highest BCUT2D eigenvalue weighted by molar-refractivity contribution is 7.89. The van der Waals surface area contributed by atoms with E-state index in [-0.39, 0.29) is 40.6 Å². The molecule has 17 nitrogen and oxygen atoms in total. The second-order valence-corrected chi connectivity index (χ2v) is 20.3. The summed E-state index contributed by atoms with van der Waals surface area (Å²) < 4.78 is 31.0. The fourth-order valence-electron chi connectivity index (χ4n) is 10.3. The zero-order valence-electron chi connectivity index (χ0n) is 35.4. The van der Waals surface area contributed by atoms with Crippen molar-refractivity contribution in [2.45, 2.75) is 132 Å². The molecule has 6 heterocycles. The van der Waals surface area contributed by atoms with E-state index in [9.17, 15) is 27.9 Å². The molecule has 4 N–H and O–H groups in total. The molecule has 2 aromatic heterocycles. The molecule has 0 radical (unpaired) electrons. The quantitative estimate of drug-likeness (QED) is 0.194. The summed E-state index contributed by atoms with van der Waals surface area (Å²) in [6.45, 7) is 7.94. The maximum atomic E-state index is 13.9. The number of fused-ring (bicyclic) bond motifs is 2. The summed E-state index contributed by atoms with van der Waals surface area (Å²) in [6.07, 6.45) is 12.5. The molecule has 3 aromatic rings. The molecule has 61 heavy (non-hydrogen) atoms. The largest absolute Gasteiger partial charge is 0.393 e. The minimum Gasteiger partial charge on any atom is -0.393 e. The number of likely N-dealkylation sites (N-methyl/N-ethyl adjacent to an activating group) is 1. The van der Waals surface area contributed by atoms with Crippen molar-refractivity contribution in [3.05, 3.63) is 47.9 Å². The van der Waals surface area contributed by atoms with Gasteiger partial charge in [0.2, 0.25) is 33.7 Å². The van der Waals surface area contributed by atoms with Crippen molar-refractivity contribution in [3.8, 4) is 0 Å². The minimum absolute atomic E-state index is 0.0261. The number of anilines is 4. The summed E-state index contributed by atoms with van der Waals surface area (Å²) >= 11 is 0. The van der Waals surface area contributed by atoms with Crippen molar-refractivity contribution in [2.24, 2.45) is 5.92 Å². The van der Waals surface area contributed by atoms with Crippen LogP contribution in [0.3, 0.4) is 0 Å². The summed E-state index contributed by atoms with van der Waals surface area (Å²) in [5, 5.41) is 24.0. The molecular weight excluding hydrogens is 799 g/mol. The molecule has 328 valence electrons. The number of nitrogens with one attached hydrogen (secondary N) is 3. The molecule has 3 amide bonds. The first-order chi connectivity index (χ1) is 29.3. The van der Waals surface area contributed by atoms with Crippen LogP contribution in [0.15, 0.2) is 41.7 Å². The third kappa shape index (κ3) is 8.23. The highest BCUT2D eigenvalue weighted by Crippen LogP contribution is 2.57. The second kappa shape index (κ2) is 16.6. The van der Waals surface area contributed by atoms with E-state index >= 15 is 0 Å². The normalized spacial score (nSPS) is 27.1. The Hall–Kier alpha value is -4.65. The lowest BCUT2D eigenvalue weighted by molar-refractivity contribution is -0.133. The Morgan fingerprint density at radius 3 is 2.54 bits per heavy atom. The Morgan fingerprint density at radius 1 is 1.02 bits per heavy atom. The molecule has 4 aliphatic heterocycles. The van der Waals surface area contributed by atoms with Crippen LogP contribution < -0.4 is 25.8 Å². The molecule has 5 atom stereocenters. The first-order valence-corrected chi connectivity index (χ1v) is 23.6. The SMILES string of the molecule is Cc1cc(NC2CCC(=O)NC2=O)ccc1N1CCC(N(C)CCn2cc(S(=O)(=O)N3CC[C@H](Nc4ncc5c(n4)N(C4CCC[C@@H](O)C4)C(=O)C54CC4)[C@H](C)C3)cn2)CC1. The number of sulfonamides is 1. The first kappa shape index (κ1) is 41.7. The Bertz CT molecular complexity index is 2270. The summed E-state index contributed by atoms with van der Waals surface area (Å²) in [5.41, 5.74) is 3.55. The maximum Gasteiger partial charge on any atom is 0.249 e. The van der Waals surface area contributed by atoms with Gasteiger partial charge < -0.3 is 25.5 Å². The molecule has 6 aliphatic rings. The van der Waals surface area contributed by atoms with E-state index in [0.29, 0.717) is 63.1 Å². The zero-order valence-corrected chi connectivity index (χ0v) is 36.2. The predicted octanol–water partition coefficient (Wildman–Crippen LogP) is 2.99. The molecule has 0 bridgehead atoms. The Balaban J connectivity index is 0.748. The number of aromatic nitrogens is 4. The van der Waals surface area contributed by atoms with Gasteiger partial charge in [-0.3, -0.25) is 29.3 Å². The molecule has 18 heteroatoms. The minimum atomic E-state index is -3.75. The number of piperidine rings is 3. The number of aliphatic hydroxyl groups excluding tert-OH is 1.